The maximum absolute atomic E-state index is 5.54. The molecular formula is C9H16N2. The van der Waals surface area contributed by atoms with Crippen LogP contribution in [-0.4, -0.2) is 5.84 Å². The first-order valence-electron chi connectivity index (χ1n) is 3.99. The lowest BCUT2D eigenvalue weighted by molar-refractivity contribution is 0.408. The van der Waals surface area contributed by atoms with Crippen molar-refractivity contribution in [2.75, 3.05) is 0 Å². The van der Waals surface area contributed by atoms with Crippen molar-refractivity contribution in [3.63, 3.8) is 0 Å². The van der Waals surface area contributed by atoms with Crippen molar-refractivity contribution in [2.45, 2.75) is 33.6 Å². The van der Waals surface area contributed by atoms with Crippen molar-refractivity contribution >= 4 is 5.84 Å². The van der Waals surface area contributed by atoms with Crippen molar-refractivity contribution in [1.82, 2.24) is 0 Å². The zero-order chi connectivity index (χ0) is 8.48. The highest BCUT2D eigenvalue weighted by Crippen LogP contribution is 2.26. The van der Waals surface area contributed by atoms with Gasteiger partial charge in [-0.1, -0.05) is 26.8 Å². The molecular weight excluding hydrogens is 136 g/mol. The van der Waals surface area contributed by atoms with Gasteiger partial charge in [0.05, 0.1) is 0 Å². The molecule has 2 nitrogen and oxygen atoms in total. The van der Waals surface area contributed by atoms with Crippen molar-refractivity contribution in [3.05, 3.63) is 11.8 Å². The van der Waals surface area contributed by atoms with E-state index in [1.165, 1.54) is 0 Å². The number of nitrogens with two attached hydrogens (primary N) is 1. The lowest BCUT2D eigenvalue weighted by atomic mass is 9.91. The van der Waals surface area contributed by atoms with Crippen LogP contribution in [0.1, 0.15) is 33.6 Å². The van der Waals surface area contributed by atoms with Crippen LogP contribution in [0.25, 0.3) is 0 Å². The van der Waals surface area contributed by atoms with Crippen LogP contribution in [0.15, 0.2) is 16.8 Å². The summed E-state index contributed by atoms with van der Waals surface area (Å²) in [6.07, 6.45) is 3.97. The van der Waals surface area contributed by atoms with Crippen molar-refractivity contribution in [1.29, 1.82) is 0 Å². The van der Waals surface area contributed by atoms with E-state index in [-0.39, 0.29) is 0 Å². The van der Waals surface area contributed by atoms with E-state index >= 15 is 0 Å². The molecule has 0 bridgehead atoms. The fourth-order valence-electron chi connectivity index (χ4n) is 1.15. The molecule has 2 heteroatoms. The summed E-state index contributed by atoms with van der Waals surface area (Å²) in [5.41, 5.74) is 7.01. The molecule has 0 unspecified atom stereocenters. The summed E-state index contributed by atoms with van der Waals surface area (Å²) in [6, 6.07) is 0. The summed E-state index contributed by atoms with van der Waals surface area (Å²) in [5, 5.41) is 0. The maximum atomic E-state index is 5.54. The van der Waals surface area contributed by atoms with E-state index in [0.29, 0.717) is 5.41 Å². The third-order valence-corrected chi connectivity index (χ3v) is 1.55. The van der Waals surface area contributed by atoms with Gasteiger partial charge in [-0.25, -0.2) is 4.99 Å². The second kappa shape index (κ2) is 2.68. The van der Waals surface area contributed by atoms with Crippen LogP contribution in [0.3, 0.4) is 0 Å². The first kappa shape index (κ1) is 8.31. The van der Waals surface area contributed by atoms with Crippen molar-refractivity contribution in [3.8, 4) is 0 Å². The average molecular weight is 152 g/mol. The molecule has 62 valence electrons. The number of amidine groups is 1. The molecule has 0 aromatic carbocycles. The Balaban J connectivity index is 2.53. The zero-order valence-corrected chi connectivity index (χ0v) is 7.52. The van der Waals surface area contributed by atoms with E-state index in [4.69, 9.17) is 5.73 Å². The van der Waals surface area contributed by atoms with E-state index in [1.54, 1.807) is 0 Å². The second-order valence-corrected chi connectivity index (χ2v) is 4.24. The minimum absolute atomic E-state index is 0.319. The number of nitrogens with zero attached hydrogens (tertiary/aromatic N) is 1. The number of hydrogen-bond donors (Lipinski definition) is 1. The SMILES string of the molecule is CC(C)(C)CC1=CCC(N)=N1. The lowest BCUT2D eigenvalue weighted by Gasteiger charge is -2.16. The molecule has 1 heterocycles. The van der Waals surface area contributed by atoms with Gasteiger partial charge < -0.3 is 5.73 Å². The highest BCUT2D eigenvalue weighted by Gasteiger charge is 2.15. The third-order valence-electron chi connectivity index (χ3n) is 1.55. The summed E-state index contributed by atoms with van der Waals surface area (Å²) in [5.74, 6) is 0.754. The monoisotopic (exact) mass is 152 g/mol. The molecule has 0 aliphatic carbocycles. The van der Waals surface area contributed by atoms with Crippen LogP contribution in [0.2, 0.25) is 0 Å². The Kier molecular flexibility index (Phi) is 2.03. The summed E-state index contributed by atoms with van der Waals surface area (Å²) < 4.78 is 0. The van der Waals surface area contributed by atoms with Gasteiger partial charge in [-0.2, -0.15) is 0 Å². The van der Waals surface area contributed by atoms with Crippen LogP contribution in [0.5, 0.6) is 0 Å². The standard InChI is InChI=1S/C9H16N2/c1-9(2,3)6-7-4-5-8(10)11-7/h4H,5-6H2,1-3H3,(H2,10,11). The molecule has 11 heavy (non-hydrogen) atoms. The molecule has 1 aliphatic rings. The van der Waals surface area contributed by atoms with E-state index in [2.05, 4.69) is 31.8 Å². The topological polar surface area (TPSA) is 38.4 Å². The Morgan fingerprint density at radius 1 is 1.55 bits per heavy atom. The molecule has 0 aromatic heterocycles. The van der Waals surface area contributed by atoms with Crippen LogP contribution in [0, 0.1) is 5.41 Å². The fraction of sp³-hybridized carbons (Fsp3) is 0.667. The van der Waals surface area contributed by atoms with E-state index in [9.17, 15) is 0 Å². The van der Waals surface area contributed by atoms with Crippen molar-refractivity contribution < 1.29 is 0 Å². The van der Waals surface area contributed by atoms with Gasteiger partial charge in [-0.3, -0.25) is 0 Å². The summed E-state index contributed by atoms with van der Waals surface area (Å²) in [7, 11) is 0. The normalized spacial score (nSPS) is 18.1. The summed E-state index contributed by atoms with van der Waals surface area (Å²) >= 11 is 0. The van der Waals surface area contributed by atoms with Gasteiger partial charge in [0.2, 0.25) is 0 Å². The Morgan fingerprint density at radius 2 is 2.18 bits per heavy atom. The average Bonchev–Trinajstić information content (AvgIpc) is 2.10. The van der Waals surface area contributed by atoms with Crippen molar-refractivity contribution in [2.24, 2.45) is 16.1 Å². The maximum Gasteiger partial charge on any atom is 0.103 e. The Labute approximate surface area is 68.2 Å². The first-order chi connectivity index (χ1) is 4.97. The molecule has 2 N–H and O–H groups in total. The quantitative estimate of drug-likeness (QED) is 0.613. The molecule has 0 atom stereocenters. The zero-order valence-electron chi connectivity index (χ0n) is 7.52. The smallest absolute Gasteiger partial charge is 0.103 e. The van der Waals surface area contributed by atoms with Gasteiger partial charge in [0.1, 0.15) is 5.84 Å². The molecule has 0 saturated carbocycles. The minimum atomic E-state index is 0.319. The summed E-state index contributed by atoms with van der Waals surface area (Å²) in [4.78, 5) is 4.23. The lowest BCUT2D eigenvalue weighted by Crippen LogP contribution is -2.07. The molecule has 0 amide bonds. The van der Waals surface area contributed by atoms with Crippen LogP contribution in [-0.2, 0) is 0 Å². The number of hydrogen-bond acceptors (Lipinski definition) is 2. The van der Waals surface area contributed by atoms with Crippen LogP contribution in [0.4, 0.5) is 0 Å². The second-order valence-electron chi connectivity index (χ2n) is 4.24. The minimum Gasteiger partial charge on any atom is -0.387 e. The molecule has 1 rings (SSSR count). The summed E-state index contributed by atoms with van der Waals surface area (Å²) in [6.45, 7) is 6.62. The number of rotatable bonds is 1. The Hall–Kier alpha value is -0.790. The molecule has 1 aliphatic heterocycles. The Bertz CT molecular complexity index is 206. The molecule has 0 fully saturated rings. The van der Waals surface area contributed by atoms with Gasteiger partial charge in [0, 0.05) is 12.1 Å². The fourth-order valence-corrected chi connectivity index (χ4v) is 1.15. The van der Waals surface area contributed by atoms with E-state index < -0.39 is 0 Å². The van der Waals surface area contributed by atoms with Gasteiger partial charge in [-0.05, 0) is 11.8 Å². The van der Waals surface area contributed by atoms with E-state index in [0.717, 1.165) is 24.4 Å². The van der Waals surface area contributed by atoms with Crippen LogP contribution >= 0.6 is 0 Å². The van der Waals surface area contributed by atoms with Gasteiger partial charge in [-0.15, -0.1) is 0 Å². The van der Waals surface area contributed by atoms with Gasteiger partial charge in [0.25, 0.3) is 0 Å². The van der Waals surface area contributed by atoms with Gasteiger partial charge >= 0.3 is 0 Å². The molecule has 0 saturated heterocycles. The first-order valence-corrected chi connectivity index (χ1v) is 3.99. The largest absolute Gasteiger partial charge is 0.387 e. The number of allylic oxidation sites excluding steroid dienone is 1. The van der Waals surface area contributed by atoms with Crippen LogP contribution < -0.4 is 5.73 Å². The predicted octanol–water partition coefficient (Wildman–Crippen LogP) is 2.07. The molecule has 0 radical (unpaired) electrons. The molecule has 0 spiro atoms. The third kappa shape index (κ3) is 2.74. The number of aliphatic imine (C=N–C) groups is 1. The molecule has 0 aromatic rings. The highest BCUT2D eigenvalue weighted by atomic mass is 14.9. The Morgan fingerprint density at radius 3 is 2.55 bits per heavy atom. The van der Waals surface area contributed by atoms with E-state index in [1.807, 2.05) is 0 Å². The highest BCUT2D eigenvalue weighted by molar-refractivity contribution is 5.84. The predicted molar refractivity (Wildman–Crippen MR) is 48.4 cm³/mol. The van der Waals surface area contributed by atoms with Gasteiger partial charge in [0.15, 0.2) is 0 Å².